The molecule has 0 saturated heterocycles. The Hall–Kier alpha value is -2.00. The molecule has 0 bridgehead atoms. The Morgan fingerprint density at radius 2 is 2.15 bits per heavy atom. The summed E-state index contributed by atoms with van der Waals surface area (Å²) in [6.07, 6.45) is 0. The zero-order chi connectivity index (χ0) is 9.68. The van der Waals surface area contributed by atoms with Crippen molar-refractivity contribution >= 4 is 11.4 Å². The van der Waals surface area contributed by atoms with Crippen LogP contribution in [0.2, 0.25) is 0 Å². The van der Waals surface area contributed by atoms with Crippen molar-refractivity contribution in [2.75, 3.05) is 0 Å². The first-order valence-electron chi connectivity index (χ1n) is 3.68. The lowest BCUT2D eigenvalue weighted by atomic mass is 10.1. The Morgan fingerprint density at radius 3 is 2.77 bits per heavy atom. The molecule has 2 N–H and O–H groups in total. The summed E-state index contributed by atoms with van der Waals surface area (Å²) in [5, 5.41) is 7.05. The highest BCUT2D eigenvalue weighted by Gasteiger charge is 2.01. The number of nitrogens with zero attached hydrogens (tertiary/aromatic N) is 4. The van der Waals surface area contributed by atoms with Gasteiger partial charge in [0.05, 0.1) is 5.71 Å². The fourth-order valence-electron chi connectivity index (χ4n) is 0.985. The summed E-state index contributed by atoms with van der Waals surface area (Å²) in [4.78, 5) is 2.71. The number of azide groups is 1. The van der Waals surface area contributed by atoms with Gasteiger partial charge < -0.3 is 5.84 Å². The van der Waals surface area contributed by atoms with Crippen LogP contribution < -0.4 is 5.84 Å². The van der Waals surface area contributed by atoms with Crippen LogP contribution in [0, 0.1) is 0 Å². The average molecular weight is 175 g/mol. The van der Waals surface area contributed by atoms with Crippen molar-refractivity contribution in [3.8, 4) is 0 Å². The third-order valence-electron chi connectivity index (χ3n) is 1.64. The summed E-state index contributed by atoms with van der Waals surface area (Å²) in [6, 6.07) is 7.14. The molecule has 0 unspecified atom stereocenters. The van der Waals surface area contributed by atoms with Crippen molar-refractivity contribution in [2.24, 2.45) is 16.1 Å². The lowest BCUT2D eigenvalue weighted by Crippen LogP contribution is -1.98. The van der Waals surface area contributed by atoms with Gasteiger partial charge in [-0.05, 0) is 12.5 Å². The van der Waals surface area contributed by atoms with Gasteiger partial charge in [0.15, 0.2) is 0 Å². The van der Waals surface area contributed by atoms with Crippen molar-refractivity contribution in [1.82, 2.24) is 0 Å². The summed E-state index contributed by atoms with van der Waals surface area (Å²) >= 11 is 0. The molecule has 5 nitrogen and oxygen atoms in total. The quantitative estimate of drug-likeness (QED) is 0.183. The molecule has 66 valence electrons. The predicted octanol–water partition coefficient (Wildman–Crippen LogP) is 2.31. The van der Waals surface area contributed by atoms with E-state index in [1.165, 1.54) is 0 Å². The molecule has 0 aliphatic rings. The second-order valence-corrected chi connectivity index (χ2v) is 2.42. The van der Waals surface area contributed by atoms with E-state index in [-0.39, 0.29) is 0 Å². The van der Waals surface area contributed by atoms with Gasteiger partial charge in [-0.25, -0.2) is 0 Å². The van der Waals surface area contributed by atoms with Crippen LogP contribution in [0.3, 0.4) is 0 Å². The van der Waals surface area contributed by atoms with E-state index in [9.17, 15) is 0 Å². The third-order valence-corrected chi connectivity index (χ3v) is 1.64. The monoisotopic (exact) mass is 175 g/mol. The molecule has 1 aromatic rings. The Morgan fingerprint density at radius 1 is 1.46 bits per heavy atom. The molecule has 0 fully saturated rings. The van der Waals surface area contributed by atoms with Crippen LogP contribution in [-0.2, 0) is 0 Å². The SMILES string of the molecule is CC(=NN)c1ccccc1N=[N+]=[N-]. The van der Waals surface area contributed by atoms with Gasteiger partial charge in [0.25, 0.3) is 0 Å². The Balaban J connectivity index is 3.27. The van der Waals surface area contributed by atoms with Crippen molar-refractivity contribution < 1.29 is 0 Å². The molecule has 0 atom stereocenters. The zero-order valence-electron chi connectivity index (χ0n) is 7.18. The second-order valence-electron chi connectivity index (χ2n) is 2.42. The van der Waals surface area contributed by atoms with Gasteiger partial charge in [0.1, 0.15) is 0 Å². The number of benzene rings is 1. The van der Waals surface area contributed by atoms with E-state index >= 15 is 0 Å². The zero-order valence-corrected chi connectivity index (χ0v) is 7.18. The minimum atomic E-state index is 0.539. The van der Waals surface area contributed by atoms with Crippen LogP contribution in [0.5, 0.6) is 0 Å². The summed E-state index contributed by atoms with van der Waals surface area (Å²) in [5.74, 6) is 5.12. The van der Waals surface area contributed by atoms with Gasteiger partial charge >= 0.3 is 0 Å². The molecule has 0 spiro atoms. The normalized spacial score (nSPS) is 10.7. The Bertz CT molecular complexity index is 376. The number of hydrogen-bond acceptors (Lipinski definition) is 3. The number of nitrogens with two attached hydrogens (primary N) is 1. The minimum absolute atomic E-state index is 0.539. The highest BCUT2D eigenvalue weighted by Crippen LogP contribution is 2.19. The summed E-state index contributed by atoms with van der Waals surface area (Å²) in [6.45, 7) is 1.76. The fraction of sp³-hybridized carbons (Fsp3) is 0.125. The molecule has 1 aromatic carbocycles. The number of hydrogen-bond donors (Lipinski definition) is 1. The van der Waals surface area contributed by atoms with Crippen LogP contribution in [0.25, 0.3) is 10.4 Å². The molecule has 0 aliphatic carbocycles. The standard InChI is InChI=1S/C8H9N5/c1-6(11-9)7-4-2-3-5-8(7)12-13-10/h2-5H,9H2,1H3. The Labute approximate surface area is 75.5 Å². The van der Waals surface area contributed by atoms with Crippen molar-refractivity contribution in [3.63, 3.8) is 0 Å². The van der Waals surface area contributed by atoms with E-state index < -0.39 is 0 Å². The molecule has 5 heteroatoms. The van der Waals surface area contributed by atoms with Crippen LogP contribution >= 0.6 is 0 Å². The van der Waals surface area contributed by atoms with Crippen LogP contribution in [-0.4, -0.2) is 5.71 Å². The van der Waals surface area contributed by atoms with Gasteiger partial charge in [0.2, 0.25) is 0 Å². The number of hydrazone groups is 1. The van der Waals surface area contributed by atoms with Crippen LogP contribution in [0.15, 0.2) is 34.5 Å². The lowest BCUT2D eigenvalue weighted by molar-refractivity contribution is 1.23. The molecule has 0 saturated carbocycles. The van der Waals surface area contributed by atoms with E-state index in [1.807, 2.05) is 6.07 Å². The Kier molecular flexibility index (Phi) is 2.89. The van der Waals surface area contributed by atoms with E-state index in [0.29, 0.717) is 11.4 Å². The topological polar surface area (TPSA) is 87.1 Å². The van der Waals surface area contributed by atoms with Gasteiger partial charge in [-0.1, -0.05) is 29.4 Å². The third kappa shape index (κ3) is 1.98. The predicted molar refractivity (Wildman–Crippen MR) is 51.6 cm³/mol. The maximum Gasteiger partial charge on any atom is 0.0646 e. The minimum Gasteiger partial charge on any atom is -0.323 e. The molecule has 0 amide bonds. The molecular formula is C8H9N5. The molecule has 13 heavy (non-hydrogen) atoms. The van der Waals surface area contributed by atoms with Crippen LogP contribution in [0.4, 0.5) is 5.69 Å². The summed E-state index contributed by atoms with van der Waals surface area (Å²) < 4.78 is 0. The van der Waals surface area contributed by atoms with Crippen molar-refractivity contribution in [3.05, 3.63) is 40.3 Å². The van der Waals surface area contributed by atoms with E-state index in [0.717, 1.165) is 5.56 Å². The van der Waals surface area contributed by atoms with E-state index in [4.69, 9.17) is 11.4 Å². The summed E-state index contributed by atoms with van der Waals surface area (Å²) in [5.41, 5.74) is 10.2. The highest BCUT2D eigenvalue weighted by molar-refractivity contribution is 6.02. The molecule has 0 radical (unpaired) electrons. The molecule has 0 aliphatic heterocycles. The highest BCUT2D eigenvalue weighted by atomic mass is 15.1. The first-order valence-corrected chi connectivity index (χ1v) is 3.68. The first kappa shape index (κ1) is 9.09. The molecule has 0 aromatic heterocycles. The number of rotatable bonds is 2. The second kappa shape index (κ2) is 4.13. The largest absolute Gasteiger partial charge is 0.323 e. The molecule has 0 heterocycles. The van der Waals surface area contributed by atoms with Gasteiger partial charge in [-0.15, -0.1) is 0 Å². The lowest BCUT2D eigenvalue weighted by Gasteiger charge is -2.01. The van der Waals surface area contributed by atoms with Crippen molar-refractivity contribution in [2.45, 2.75) is 6.92 Å². The van der Waals surface area contributed by atoms with Gasteiger partial charge in [-0.2, -0.15) is 5.10 Å². The molecular weight excluding hydrogens is 166 g/mol. The van der Waals surface area contributed by atoms with Crippen LogP contribution in [0.1, 0.15) is 12.5 Å². The maximum absolute atomic E-state index is 8.29. The van der Waals surface area contributed by atoms with E-state index in [2.05, 4.69) is 15.1 Å². The fourth-order valence-corrected chi connectivity index (χ4v) is 0.985. The summed E-state index contributed by atoms with van der Waals surface area (Å²) in [7, 11) is 0. The van der Waals surface area contributed by atoms with Gasteiger partial charge in [0, 0.05) is 16.2 Å². The maximum atomic E-state index is 8.29. The van der Waals surface area contributed by atoms with Crippen molar-refractivity contribution in [1.29, 1.82) is 0 Å². The first-order chi connectivity index (χ1) is 6.29. The van der Waals surface area contributed by atoms with E-state index in [1.54, 1.807) is 25.1 Å². The average Bonchev–Trinajstić information content (AvgIpc) is 2.18. The van der Waals surface area contributed by atoms with Gasteiger partial charge in [-0.3, -0.25) is 0 Å². The molecule has 1 rings (SSSR count). The smallest absolute Gasteiger partial charge is 0.0646 e.